The van der Waals surface area contributed by atoms with Crippen LogP contribution in [-0.2, 0) is 6.42 Å². The predicted octanol–water partition coefficient (Wildman–Crippen LogP) is 6.38. The van der Waals surface area contributed by atoms with Crippen molar-refractivity contribution in [1.29, 1.82) is 0 Å². The molecule has 0 bridgehead atoms. The summed E-state index contributed by atoms with van der Waals surface area (Å²) in [7, 11) is 0. The molecule has 28 heavy (non-hydrogen) atoms. The molecule has 4 rings (SSSR count). The van der Waals surface area contributed by atoms with Crippen LogP contribution in [0, 0.1) is 0 Å². The molecule has 1 aromatic heterocycles. The number of benzene rings is 3. The molecular formula is C24H22ClN3. The monoisotopic (exact) mass is 387 g/mol. The average molecular weight is 388 g/mol. The van der Waals surface area contributed by atoms with Crippen molar-refractivity contribution < 1.29 is 0 Å². The van der Waals surface area contributed by atoms with Crippen molar-refractivity contribution in [2.75, 3.05) is 5.32 Å². The molecule has 1 heterocycles. The minimum absolute atomic E-state index is 0.289. The number of hydrogen-bond donors (Lipinski definition) is 1. The third kappa shape index (κ3) is 4.32. The summed E-state index contributed by atoms with van der Waals surface area (Å²) in [5.74, 6) is 1.57. The Bertz CT molecular complexity index is 1060. The molecule has 0 aliphatic carbocycles. The molecular weight excluding hydrogens is 366 g/mol. The molecule has 0 saturated heterocycles. The molecule has 140 valence electrons. The van der Waals surface area contributed by atoms with E-state index in [4.69, 9.17) is 21.6 Å². The molecule has 1 N–H and O–H groups in total. The number of para-hydroxylation sites is 1. The van der Waals surface area contributed by atoms with E-state index in [1.165, 1.54) is 5.56 Å². The Morgan fingerprint density at radius 2 is 1.57 bits per heavy atom. The van der Waals surface area contributed by atoms with Gasteiger partial charge in [0, 0.05) is 22.0 Å². The van der Waals surface area contributed by atoms with Gasteiger partial charge in [-0.05, 0) is 61.7 Å². The largest absolute Gasteiger partial charge is 0.367 e. The molecule has 0 aliphatic rings. The lowest BCUT2D eigenvalue weighted by molar-refractivity contribution is 0.704. The van der Waals surface area contributed by atoms with Crippen LogP contribution >= 0.6 is 11.6 Å². The van der Waals surface area contributed by atoms with E-state index in [1.54, 1.807) is 0 Å². The van der Waals surface area contributed by atoms with Crippen molar-refractivity contribution in [2.24, 2.45) is 0 Å². The van der Waals surface area contributed by atoms with E-state index in [2.05, 4.69) is 48.6 Å². The number of hydrogen-bond acceptors (Lipinski definition) is 3. The van der Waals surface area contributed by atoms with Gasteiger partial charge in [0.1, 0.15) is 5.82 Å². The Hall–Kier alpha value is -2.91. The summed E-state index contributed by atoms with van der Waals surface area (Å²) in [5, 5.41) is 5.34. The lowest BCUT2D eigenvalue weighted by Crippen LogP contribution is -2.17. The van der Waals surface area contributed by atoms with Crippen molar-refractivity contribution in [3.63, 3.8) is 0 Å². The first-order valence-electron chi connectivity index (χ1n) is 9.52. The van der Waals surface area contributed by atoms with E-state index < -0.39 is 0 Å². The summed E-state index contributed by atoms with van der Waals surface area (Å²) < 4.78 is 0. The fourth-order valence-electron chi connectivity index (χ4n) is 3.25. The second kappa shape index (κ2) is 8.41. The van der Waals surface area contributed by atoms with Gasteiger partial charge >= 0.3 is 0 Å². The van der Waals surface area contributed by atoms with Crippen LogP contribution < -0.4 is 5.32 Å². The van der Waals surface area contributed by atoms with Crippen molar-refractivity contribution in [3.8, 4) is 11.4 Å². The Morgan fingerprint density at radius 1 is 0.857 bits per heavy atom. The van der Waals surface area contributed by atoms with Crippen LogP contribution in [0.4, 0.5) is 5.82 Å². The zero-order valence-electron chi connectivity index (χ0n) is 15.8. The standard InChI is InChI=1S/C24H22ClN3/c1-17(11-12-18-7-3-2-4-8-18)26-24-21-9-5-6-10-22(21)27-23(28-24)19-13-15-20(25)16-14-19/h2-10,13-17H,11-12H2,1H3,(H,26,27,28)/t17-/m1/s1. The lowest BCUT2D eigenvalue weighted by atomic mass is 10.1. The zero-order valence-corrected chi connectivity index (χ0v) is 16.5. The minimum atomic E-state index is 0.289. The highest BCUT2D eigenvalue weighted by atomic mass is 35.5. The fourth-order valence-corrected chi connectivity index (χ4v) is 3.37. The first-order valence-corrected chi connectivity index (χ1v) is 9.90. The highest BCUT2D eigenvalue weighted by molar-refractivity contribution is 6.30. The van der Waals surface area contributed by atoms with E-state index in [0.29, 0.717) is 10.8 Å². The number of fused-ring (bicyclic) bond motifs is 1. The summed E-state index contributed by atoms with van der Waals surface area (Å²) in [4.78, 5) is 9.57. The summed E-state index contributed by atoms with van der Waals surface area (Å²) in [6.45, 7) is 2.20. The van der Waals surface area contributed by atoms with Crippen molar-refractivity contribution in [3.05, 3.63) is 89.4 Å². The van der Waals surface area contributed by atoms with Gasteiger partial charge in [0.25, 0.3) is 0 Å². The number of anilines is 1. The van der Waals surface area contributed by atoms with Gasteiger partial charge in [0.05, 0.1) is 5.52 Å². The molecule has 1 atom stereocenters. The van der Waals surface area contributed by atoms with Gasteiger partial charge in [0.15, 0.2) is 5.82 Å². The lowest BCUT2D eigenvalue weighted by Gasteiger charge is -2.17. The first kappa shape index (κ1) is 18.5. The second-order valence-corrected chi connectivity index (χ2v) is 7.43. The Balaban J connectivity index is 1.60. The Morgan fingerprint density at radius 3 is 2.36 bits per heavy atom. The molecule has 4 aromatic rings. The summed E-state index contributed by atoms with van der Waals surface area (Å²) in [6, 6.07) is 26.6. The molecule has 0 radical (unpaired) electrons. The van der Waals surface area contributed by atoms with Crippen molar-refractivity contribution in [2.45, 2.75) is 25.8 Å². The van der Waals surface area contributed by atoms with Crippen LogP contribution in [0.25, 0.3) is 22.3 Å². The number of aryl methyl sites for hydroxylation is 1. The number of halogens is 1. The fraction of sp³-hybridized carbons (Fsp3) is 0.167. The SMILES string of the molecule is C[C@H](CCc1ccccc1)Nc1nc(-c2ccc(Cl)cc2)nc2ccccc12. The predicted molar refractivity (Wildman–Crippen MR) is 118 cm³/mol. The number of nitrogens with zero attached hydrogens (tertiary/aromatic N) is 2. The van der Waals surface area contributed by atoms with Crippen molar-refractivity contribution >= 4 is 28.3 Å². The van der Waals surface area contributed by atoms with E-state index in [1.807, 2.05) is 42.5 Å². The molecule has 0 unspecified atom stereocenters. The molecule has 3 nitrogen and oxygen atoms in total. The van der Waals surface area contributed by atoms with Gasteiger partial charge in [-0.3, -0.25) is 0 Å². The van der Waals surface area contributed by atoms with Gasteiger partial charge in [-0.1, -0.05) is 54.1 Å². The highest BCUT2D eigenvalue weighted by Gasteiger charge is 2.12. The second-order valence-electron chi connectivity index (χ2n) is 6.99. The average Bonchev–Trinajstić information content (AvgIpc) is 2.73. The summed E-state index contributed by atoms with van der Waals surface area (Å²) in [5.41, 5.74) is 3.24. The van der Waals surface area contributed by atoms with Gasteiger partial charge < -0.3 is 5.32 Å². The number of rotatable bonds is 6. The zero-order chi connectivity index (χ0) is 19.3. The number of aromatic nitrogens is 2. The smallest absolute Gasteiger partial charge is 0.162 e. The quantitative estimate of drug-likeness (QED) is 0.417. The van der Waals surface area contributed by atoms with Crippen LogP contribution in [0.5, 0.6) is 0 Å². The third-order valence-corrected chi connectivity index (χ3v) is 5.05. The minimum Gasteiger partial charge on any atom is -0.367 e. The normalized spacial score (nSPS) is 12.1. The molecule has 0 saturated carbocycles. The molecule has 0 aliphatic heterocycles. The van der Waals surface area contributed by atoms with Gasteiger partial charge in [-0.15, -0.1) is 0 Å². The molecule has 0 amide bonds. The summed E-state index contributed by atoms with van der Waals surface area (Å²) in [6.07, 6.45) is 2.06. The summed E-state index contributed by atoms with van der Waals surface area (Å²) >= 11 is 6.03. The highest BCUT2D eigenvalue weighted by Crippen LogP contribution is 2.26. The maximum atomic E-state index is 6.03. The van der Waals surface area contributed by atoms with E-state index in [0.717, 1.165) is 35.1 Å². The Labute approximate surface area is 170 Å². The van der Waals surface area contributed by atoms with E-state index in [9.17, 15) is 0 Å². The molecule has 3 aromatic carbocycles. The van der Waals surface area contributed by atoms with E-state index in [-0.39, 0.29) is 6.04 Å². The van der Waals surface area contributed by atoms with Crippen LogP contribution in [-0.4, -0.2) is 16.0 Å². The Kier molecular flexibility index (Phi) is 5.54. The van der Waals surface area contributed by atoms with E-state index >= 15 is 0 Å². The maximum absolute atomic E-state index is 6.03. The van der Waals surface area contributed by atoms with Gasteiger partial charge in [0.2, 0.25) is 0 Å². The first-order chi connectivity index (χ1) is 13.7. The maximum Gasteiger partial charge on any atom is 0.162 e. The third-order valence-electron chi connectivity index (χ3n) is 4.80. The molecule has 4 heteroatoms. The van der Waals surface area contributed by atoms with Crippen LogP contribution in [0.2, 0.25) is 5.02 Å². The topological polar surface area (TPSA) is 37.8 Å². The van der Waals surface area contributed by atoms with Crippen LogP contribution in [0.1, 0.15) is 18.9 Å². The number of nitrogens with one attached hydrogen (secondary N) is 1. The van der Waals surface area contributed by atoms with Gasteiger partial charge in [-0.25, -0.2) is 9.97 Å². The van der Waals surface area contributed by atoms with Crippen LogP contribution in [0.3, 0.4) is 0 Å². The van der Waals surface area contributed by atoms with Crippen LogP contribution in [0.15, 0.2) is 78.9 Å². The molecule has 0 fully saturated rings. The molecule has 0 spiro atoms. The van der Waals surface area contributed by atoms with Gasteiger partial charge in [-0.2, -0.15) is 0 Å². The van der Waals surface area contributed by atoms with Crippen molar-refractivity contribution in [1.82, 2.24) is 9.97 Å².